The van der Waals surface area contributed by atoms with Crippen molar-refractivity contribution < 1.29 is 23.5 Å². The Kier molecular flexibility index (Phi) is 6.56. The predicted molar refractivity (Wildman–Crippen MR) is 114 cm³/mol. The second-order valence-electron chi connectivity index (χ2n) is 6.69. The van der Waals surface area contributed by atoms with Crippen LogP contribution in [0.25, 0.3) is 10.9 Å². The summed E-state index contributed by atoms with van der Waals surface area (Å²) >= 11 is 0. The maximum absolute atomic E-state index is 14.0. The zero-order valence-electron chi connectivity index (χ0n) is 17.1. The molecule has 0 unspecified atom stereocenters. The number of rotatable bonds is 8. The number of carbonyl (C=O) groups excluding carboxylic acids is 2. The first kappa shape index (κ1) is 21.2. The number of ether oxygens (including phenoxy) is 2. The number of aromatic nitrogens is 1. The summed E-state index contributed by atoms with van der Waals surface area (Å²) in [6.07, 6.45) is 0.760. The first-order valence-corrected chi connectivity index (χ1v) is 9.72. The van der Waals surface area contributed by atoms with Crippen molar-refractivity contribution in [3.63, 3.8) is 0 Å². The monoisotopic (exact) mass is 413 g/mol. The summed E-state index contributed by atoms with van der Waals surface area (Å²) in [5.74, 6) is -0.998. The molecule has 0 bridgehead atoms. The number of amides is 1. The fourth-order valence-corrected chi connectivity index (χ4v) is 2.99. The minimum absolute atomic E-state index is 0.150. The van der Waals surface area contributed by atoms with Crippen LogP contribution in [0.4, 0.5) is 21.5 Å². The van der Waals surface area contributed by atoms with E-state index in [1.165, 1.54) is 13.0 Å². The Morgan fingerprint density at radius 3 is 2.60 bits per heavy atom. The summed E-state index contributed by atoms with van der Waals surface area (Å²) in [7, 11) is 0. The summed E-state index contributed by atoms with van der Waals surface area (Å²) < 4.78 is 24.5. The van der Waals surface area contributed by atoms with Crippen LogP contribution in [0.2, 0.25) is 0 Å². The summed E-state index contributed by atoms with van der Waals surface area (Å²) in [4.78, 5) is 26.7. The number of anilines is 3. The van der Waals surface area contributed by atoms with Crippen molar-refractivity contribution >= 4 is 39.8 Å². The number of hydrogen-bond acceptors (Lipinski definition) is 5. The number of aromatic amines is 1. The van der Waals surface area contributed by atoms with Gasteiger partial charge in [0, 0.05) is 29.8 Å². The van der Waals surface area contributed by atoms with Crippen LogP contribution in [0.5, 0.6) is 5.75 Å². The van der Waals surface area contributed by atoms with Crippen molar-refractivity contribution in [2.75, 3.05) is 23.8 Å². The van der Waals surface area contributed by atoms with Crippen LogP contribution < -0.4 is 15.4 Å². The third-order valence-corrected chi connectivity index (χ3v) is 4.23. The number of benzene rings is 2. The number of nitrogens with one attached hydrogen (secondary N) is 3. The molecule has 30 heavy (non-hydrogen) atoms. The summed E-state index contributed by atoms with van der Waals surface area (Å²) in [6.45, 7) is 5.75. The second-order valence-corrected chi connectivity index (χ2v) is 6.69. The van der Waals surface area contributed by atoms with Gasteiger partial charge in [-0.05, 0) is 43.7 Å². The van der Waals surface area contributed by atoms with Gasteiger partial charge in [0.15, 0.2) is 11.6 Å². The Labute approximate surface area is 173 Å². The van der Waals surface area contributed by atoms with Gasteiger partial charge in [-0.25, -0.2) is 9.18 Å². The molecule has 0 fully saturated rings. The summed E-state index contributed by atoms with van der Waals surface area (Å²) in [5, 5.41) is 6.67. The first-order valence-electron chi connectivity index (χ1n) is 9.72. The maximum Gasteiger partial charge on any atom is 0.354 e. The molecular weight excluding hydrogens is 389 g/mol. The van der Waals surface area contributed by atoms with Crippen molar-refractivity contribution in [1.29, 1.82) is 0 Å². The Hall–Kier alpha value is -3.55. The molecule has 3 rings (SSSR count). The van der Waals surface area contributed by atoms with Crippen molar-refractivity contribution in [3.05, 3.63) is 47.9 Å². The normalized spacial score (nSPS) is 10.7. The van der Waals surface area contributed by atoms with Gasteiger partial charge in [-0.1, -0.05) is 6.92 Å². The van der Waals surface area contributed by atoms with Gasteiger partial charge in [0.25, 0.3) is 0 Å². The molecule has 3 N–H and O–H groups in total. The van der Waals surface area contributed by atoms with Crippen LogP contribution >= 0.6 is 0 Å². The van der Waals surface area contributed by atoms with E-state index in [0.717, 1.165) is 6.42 Å². The highest BCUT2D eigenvalue weighted by molar-refractivity contribution is 6.03. The molecule has 8 heteroatoms. The Bertz CT molecular complexity index is 1080. The van der Waals surface area contributed by atoms with Crippen LogP contribution in [0.3, 0.4) is 0 Å². The maximum atomic E-state index is 14.0. The Morgan fingerprint density at radius 1 is 1.10 bits per heavy atom. The average molecular weight is 413 g/mol. The lowest BCUT2D eigenvalue weighted by Crippen LogP contribution is -2.06. The largest absolute Gasteiger partial charge is 0.490 e. The average Bonchev–Trinajstić information content (AvgIpc) is 3.12. The standard InChI is InChI=1S/C22H24FN3O4/c1-4-8-30-21-11-14(6-7-17(21)23)25-18-9-15(24-13(3)27)10-19-16(18)12-20(26-19)22(28)29-5-2/h6-7,9-12,25-26H,4-5,8H2,1-3H3,(H,24,27). The number of fused-ring (bicyclic) bond motifs is 1. The van der Waals surface area contributed by atoms with Gasteiger partial charge in [-0.3, -0.25) is 4.79 Å². The molecule has 0 saturated carbocycles. The molecule has 0 atom stereocenters. The molecule has 0 saturated heterocycles. The molecule has 0 aliphatic heterocycles. The third kappa shape index (κ3) is 4.89. The quantitative estimate of drug-likeness (QED) is 0.453. The van der Waals surface area contributed by atoms with E-state index in [9.17, 15) is 14.0 Å². The fraction of sp³-hybridized carbons (Fsp3) is 0.273. The number of carbonyl (C=O) groups is 2. The molecule has 3 aromatic rings. The highest BCUT2D eigenvalue weighted by Gasteiger charge is 2.15. The van der Waals surface area contributed by atoms with Crippen LogP contribution in [-0.4, -0.2) is 30.1 Å². The molecule has 1 heterocycles. The van der Waals surface area contributed by atoms with E-state index in [4.69, 9.17) is 9.47 Å². The van der Waals surface area contributed by atoms with Crippen molar-refractivity contribution in [2.45, 2.75) is 27.2 Å². The topological polar surface area (TPSA) is 92.5 Å². The van der Waals surface area contributed by atoms with Gasteiger partial charge in [0.2, 0.25) is 5.91 Å². The molecule has 0 aliphatic rings. The zero-order chi connectivity index (χ0) is 21.7. The first-order chi connectivity index (χ1) is 14.4. The number of halogens is 1. The van der Waals surface area contributed by atoms with Gasteiger partial charge in [-0.2, -0.15) is 0 Å². The number of esters is 1. The minimum atomic E-state index is -0.474. The lowest BCUT2D eigenvalue weighted by molar-refractivity contribution is -0.114. The minimum Gasteiger partial charge on any atom is -0.490 e. The second kappa shape index (κ2) is 9.30. The van der Waals surface area contributed by atoms with Crippen LogP contribution in [0.15, 0.2) is 36.4 Å². The van der Waals surface area contributed by atoms with E-state index in [2.05, 4.69) is 15.6 Å². The van der Waals surface area contributed by atoms with E-state index < -0.39 is 11.8 Å². The third-order valence-electron chi connectivity index (χ3n) is 4.23. The fourth-order valence-electron chi connectivity index (χ4n) is 2.99. The molecule has 0 spiro atoms. The molecule has 2 aromatic carbocycles. The van der Waals surface area contributed by atoms with E-state index in [0.29, 0.717) is 40.3 Å². The lowest BCUT2D eigenvalue weighted by Gasteiger charge is -2.13. The number of H-pyrrole nitrogens is 1. The van der Waals surface area contributed by atoms with Crippen molar-refractivity contribution in [3.8, 4) is 5.75 Å². The van der Waals surface area contributed by atoms with E-state index >= 15 is 0 Å². The smallest absolute Gasteiger partial charge is 0.354 e. The van der Waals surface area contributed by atoms with Gasteiger partial charge < -0.3 is 25.1 Å². The summed E-state index contributed by atoms with van der Waals surface area (Å²) in [6, 6.07) is 9.62. The zero-order valence-corrected chi connectivity index (χ0v) is 17.1. The van der Waals surface area contributed by atoms with Gasteiger partial charge >= 0.3 is 5.97 Å². The van der Waals surface area contributed by atoms with Gasteiger partial charge in [-0.15, -0.1) is 0 Å². The molecule has 158 valence electrons. The van der Waals surface area contributed by atoms with Crippen molar-refractivity contribution in [2.24, 2.45) is 0 Å². The molecule has 0 radical (unpaired) electrons. The Morgan fingerprint density at radius 2 is 1.90 bits per heavy atom. The van der Waals surface area contributed by atoms with E-state index in [1.807, 2.05) is 6.92 Å². The summed E-state index contributed by atoms with van der Waals surface area (Å²) in [5.41, 5.74) is 2.69. The predicted octanol–water partition coefficient (Wildman–Crippen LogP) is 4.97. The van der Waals surface area contributed by atoms with Crippen LogP contribution in [0.1, 0.15) is 37.7 Å². The lowest BCUT2D eigenvalue weighted by atomic mass is 10.1. The Balaban J connectivity index is 2.02. The number of hydrogen-bond donors (Lipinski definition) is 3. The SMILES string of the molecule is CCCOc1cc(Nc2cc(NC(C)=O)cc3[nH]c(C(=O)OCC)cc23)ccc1F. The molecule has 7 nitrogen and oxygen atoms in total. The van der Waals surface area contributed by atoms with E-state index in [1.54, 1.807) is 37.3 Å². The highest BCUT2D eigenvalue weighted by atomic mass is 19.1. The van der Waals surface area contributed by atoms with Crippen LogP contribution in [-0.2, 0) is 9.53 Å². The van der Waals surface area contributed by atoms with Crippen molar-refractivity contribution in [1.82, 2.24) is 4.98 Å². The van der Waals surface area contributed by atoms with Gasteiger partial charge in [0.05, 0.1) is 24.4 Å². The molecule has 0 aliphatic carbocycles. The van der Waals surface area contributed by atoms with E-state index in [-0.39, 0.29) is 18.3 Å². The highest BCUT2D eigenvalue weighted by Crippen LogP contribution is 2.33. The van der Waals surface area contributed by atoms with Crippen LogP contribution in [0, 0.1) is 5.82 Å². The van der Waals surface area contributed by atoms with Gasteiger partial charge in [0.1, 0.15) is 5.69 Å². The molecular formula is C22H24FN3O4. The molecule has 1 amide bonds. The molecule has 1 aromatic heterocycles.